The van der Waals surface area contributed by atoms with Gasteiger partial charge in [-0.2, -0.15) is 0 Å². The van der Waals surface area contributed by atoms with Gasteiger partial charge in [0.25, 0.3) is 0 Å². The van der Waals surface area contributed by atoms with Crippen molar-refractivity contribution in [3.8, 4) is 0 Å². The fraction of sp³-hybridized carbons (Fsp3) is 0.222. The Kier molecular flexibility index (Phi) is 4.84. The number of hydrogen-bond donors (Lipinski definition) is 3. The van der Waals surface area contributed by atoms with Crippen LogP contribution in [-0.2, 0) is 6.54 Å². The summed E-state index contributed by atoms with van der Waals surface area (Å²) in [5, 5.41) is 12.4. The van der Waals surface area contributed by atoms with Crippen LogP contribution in [0.1, 0.15) is 17.2 Å². The molecular formula is C18H17Cl2N3OS. The Morgan fingerprint density at radius 2 is 2.04 bits per heavy atom. The molecule has 1 unspecified atom stereocenters. The van der Waals surface area contributed by atoms with Crippen LogP contribution in [0.2, 0.25) is 10.0 Å². The van der Waals surface area contributed by atoms with Crippen LogP contribution < -0.4 is 4.72 Å². The third kappa shape index (κ3) is 3.48. The molecule has 0 radical (unpaired) electrons. The van der Waals surface area contributed by atoms with E-state index < -0.39 is 0 Å². The number of hydrogen-bond acceptors (Lipinski definition) is 4. The lowest BCUT2D eigenvalue weighted by molar-refractivity contribution is 0.236. The molecule has 2 aromatic carbocycles. The summed E-state index contributed by atoms with van der Waals surface area (Å²) in [5.74, 6) is 0.0460. The lowest BCUT2D eigenvalue weighted by atomic mass is 9.94. The number of nitrogens with zero attached hydrogens (tertiary/aromatic N) is 1. The number of aromatic nitrogens is 1. The van der Waals surface area contributed by atoms with Gasteiger partial charge in [-0.3, -0.25) is 0 Å². The maximum absolute atomic E-state index is 9.90. The fourth-order valence-corrected chi connectivity index (χ4v) is 4.47. The summed E-state index contributed by atoms with van der Waals surface area (Å²) in [6.45, 7) is 1.61. The van der Waals surface area contributed by atoms with Gasteiger partial charge in [-0.15, -0.1) is 0 Å². The first kappa shape index (κ1) is 17.1. The molecule has 3 N–H and O–H groups in total. The fourth-order valence-electron chi connectivity index (χ4n) is 3.30. The third-order valence-corrected chi connectivity index (χ3v) is 5.72. The van der Waals surface area contributed by atoms with Crippen LogP contribution in [0.4, 0.5) is 5.69 Å². The number of nitrogens with one attached hydrogen (secondary N) is 2. The molecule has 1 aliphatic rings. The van der Waals surface area contributed by atoms with Crippen LogP contribution in [0.25, 0.3) is 10.9 Å². The summed E-state index contributed by atoms with van der Waals surface area (Å²) >= 11 is 13.7. The average Bonchev–Trinajstić information content (AvgIpc) is 2.97. The van der Waals surface area contributed by atoms with E-state index in [4.69, 9.17) is 23.2 Å². The first-order valence-electron chi connectivity index (χ1n) is 7.98. The molecule has 4 nitrogen and oxygen atoms in total. The highest BCUT2D eigenvalue weighted by atomic mass is 35.5. The molecule has 25 heavy (non-hydrogen) atoms. The van der Waals surface area contributed by atoms with E-state index in [2.05, 4.69) is 14.0 Å². The van der Waals surface area contributed by atoms with Gasteiger partial charge in [0.1, 0.15) is 0 Å². The van der Waals surface area contributed by atoms with E-state index >= 15 is 0 Å². The van der Waals surface area contributed by atoms with Crippen molar-refractivity contribution in [1.29, 1.82) is 0 Å². The molecule has 0 aliphatic carbocycles. The Labute approximate surface area is 160 Å². The Hall–Kier alpha value is -1.37. The van der Waals surface area contributed by atoms with E-state index in [-0.39, 0.29) is 12.5 Å². The van der Waals surface area contributed by atoms with Crippen LogP contribution in [0.3, 0.4) is 0 Å². The van der Waals surface area contributed by atoms with Gasteiger partial charge >= 0.3 is 0 Å². The predicted molar refractivity (Wildman–Crippen MR) is 106 cm³/mol. The van der Waals surface area contributed by atoms with E-state index in [9.17, 15) is 5.11 Å². The van der Waals surface area contributed by atoms with Gasteiger partial charge in [0.2, 0.25) is 0 Å². The smallest absolute Gasteiger partial charge is 0.0513 e. The predicted octanol–water partition coefficient (Wildman–Crippen LogP) is 5.04. The van der Waals surface area contributed by atoms with Crippen molar-refractivity contribution in [3.63, 3.8) is 0 Å². The number of halogens is 2. The van der Waals surface area contributed by atoms with Gasteiger partial charge in [-0.25, -0.2) is 4.31 Å². The van der Waals surface area contributed by atoms with E-state index in [1.807, 2.05) is 42.5 Å². The summed E-state index contributed by atoms with van der Waals surface area (Å²) in [7, 11) is 0. The molecule has 1 aromatic heterocycles. The van der Waals surface area contributed by atoms with Crippen LogP contribution in [0, 0.1) is 0 Å². The lowest BCUT2D eigenvalue weighted by Gasteiger charge is -2.31. The molecule has 4 rings (SSSR count). The molecular weight excluding hydrogens is 377 g/mol. The van der Waals surface area contributed by atoms with Crippen molar-refractivity contribution in [2.45, 2.75) is 12.5 Å². The normalized spacial score (nSPS) is 17.6. The molecule has 1 atom stereocenters. The number of benzene rings is 2. The molecule has 2 heterocycles. The zero-order chi connectivity index (χ0) is 17.4. The van der Waals surface area contributed by atoms with Gasteiger partial charge in [0.05, 0.1) is 13.2 Å². The van der Waals surface area contributed by atoms with Crippen molar-refractivity contribution in [2.75, 3.05) is 17.9 Å². The van der Waals surface area contributed by atoms with Crippen LogP contribution in [0.5, 0.6) is 0 Å². The molecule has 0 amide bonds. The summed E-state index contributed by atoms with van der Waals surface area (Å²) in [4.78, 5) is 3.47. The zero-order valence-corrected chi connectivity index (χ0v) is 15.6. The van der Waals surface area contributed by atoms with Gasteiger partial charge < -0.3 is 14.8 Å². The first-order chi connectivity index (χ1) is 12.1. The van der Waals surface area contributed by atoms with Crippen LogP contribution in [0.15, 0.2) is 42.5 Å². The number of aliphatic hydroxyl groups excluding tert-OH is 1. The second kappa shape index (κ2) is 7.09. The summed E-state index contributed by atoms with van der Waals surface area (Å²) in [5.41, 5.74) is 4.32. The minimum atomic E-state index is 0.0460. The molecule has 130 valence electrons. The van der Waals surface area contributed by atoms with E-state index in [1.165, 1.54) is 17.7 Å². The van der Waals surface area contributed by atoms with Crippen molar-refractivity contribution in [1.82, 2.24) is 9.29 Å². The van der Waals surface area contributed by atoms with E-state index in [0.29, 0.717) is 10.0 Å². The number of H-pyrrole nitrogens is 1. The van der Waals surface area contributed by atoms with E-state index in [0.717, 1.165) is 35.4 Å². The summed E-state index contributed by atoms with van der Waals surface area (Å²) in [6, 6.07) is 13.5. The summed E-state index contributed by atoms with van der Waals surface area (Å²) < 4.78 is 5.51. The van der Waals surface area contributed by atoms with Gasteiger partial charge in [0.15, 0.2) is 0 Å². The molecule has 7 heteroatoms. The second-order valence-electron chi connectivity index (χ2n) is 6.11. The lowest BCUT2D eigenvalue weighted by Crippen LogP contribution is -2.31. The molecule has 0 bridgehead atoms. The maximum atomic E-state index is 9.90. The quantitative estimate of drug-likeness (QED) is 0.543. The average molecular weight is 394 g/mol. The van der Waals surface area contributed by atoms with Crippen molar-refractivity contribution in [2.24, 2.45) is 0 Å². The molecule has 1 aliphatic heterocycles. The minimum Gasteiger partial charge on any atom is -0.396 e. The van der Waals surface area contributed by atoms with Crippen molar-refractivity contribution in [3.05, 3.63) is 63.8 Å². The highest BCUT2D eigenvalue weighted by molar-refractivity contribution is 7.98. The number of aliphatic hydroxyl groups is 1. The molecule has 0 saturated carbocycles. The molecule has 0 saturated heterocycles. The maximum Gasteiger partial charge on any atom is 0.0513 e. The Balaban J connectivity index is 1.57. The monoisotopic (exact) mass is 393 g/mol. The molecule has 0 spiro atoms. The number of aromatic amines is 1. The first-order valence-corrected chi connectivity index (χ1v) is 9.51. The third-order valence-electron chi connectivity index (χ3n) is 4.39. The van der Waals surface area contributed by atoms with Crippen molar-refractivity contribution >= 4 is 51.9 Å². The SMILES string of the molecule is OCC1CN(SNc2cccc(Cl)c2)Cc2[nH]c3ccc(Cl)cc3c21. The highest BCUT2D eigenvalue weighted by Crippen LogP contribution is 2.37. The van der Waals surface area contributed by atoms with E-state index in [1.54, 1.807) is 0 Å². The Morgan fingerprint density at radius 3 is 2.84 bits per heavy atom. The molecule has 3 aromatic rings. The van der Waals surface area contributed by atoms with Gasteiger partial charge in [-0.05, 0) is 42.0 Å². The van der Waals surface area contributed by atoms with Gasteiger partial charge in [0, 0.05) is 56.9 Å². The second-order valence-corrected chi connectivity index (χ2v) is 7.89. The van der Waals surface area contributed by atoms with Crippen LogP contribution >= 0.6 is 35.3 Å². The number of rotatable bonds is 4. The summed E-state index contributed by atoms with van der Waals surface area (Å²) in [6.07, 6.45) is 0. The van der Waals surface area contributed by atoms with Gasteiger partial charge in [-0.1, -0.05) is 29.3 Å². The Bertz CT molecular complexity index is 914. The topological polar surface area (TPSA) is 51.3 Å². The largest absolute Gasteiger partial charge is 0.396 e. The Morgan fingerprint density at radius 1 is 1.20 bits per heavy atom. The zero-order valence-electron chi connectivity index (χ0n) is 13.3. The number of anilines is 1. The minimum absolute atomic E-state index is 0.0460. The number of fused-ring (bicyclic) bond motifs is 3. The van der Waals surface area contributed by atoms with Crippen LogP contribution in [-0.4, -0.2) is 27.5 Å². The highest BCUT2D eigenvalue weighted by Gasteiger charge is 2.29. The molecule has 0 fully saturated rings. The standard InChI is InChI=1S/C18H17Cl2N3OS/c19-12-2-1-3-14(6-12)22-25-23-8-11(10-24)18-15-7-13(20)4-5-16(15)21-17(18)9-23/h1-7,11,21-22,24H,8-10H2. The van der Waals surface area contributed by atoms with Crippen molar-refractivity contribution < 1.29 is 5.11 Å².